The van der Waals surface area contributed by atoms with Crippen LogP contribution in [0.5, 0.6) is 5.75 Å². The predicted molar refractivity (Wildman–Crippen MR) is 101 cm³/mol. The molecule has 30 heavy (non-hydrogen) atoms. The van der Waals surface area contributed by atoms with Crippen molar-refractivity contribution < 1.29 is 39.9 Å². The lowest BCUT2D eigenvalue weighted by atomic mass is 9.55. The van der Waals surface area contributed by atoms with E-state index < -0.39 is 69.7 Å². The van der Waals surface area contributed by atoms with Crippen molar-refractivity contribution in [3.05, 3.63) is 52.8 Å². The molecular weight excluding hydrogens is 396 g/mol. The van der Waals surface area contributed by atoms with Gasteiger partial charge in [0.2, 0.25) is 5.78 Å². The summed E-state index contributed by atoms with van der Waals surface area (Å²) in [4.78, 5) is 37.5. The van der Waals surface area contributed by atoms with Crippen LogP contribution < -0.4 is 11.5 Å². The van der Waals surface area contributed by atoms with Crippen molar-refractivity contribution in [3.63, 3.8) is 0 Å². The second-order valence-electron chi connectivity index (χ2n) is 7.55. The fraction of sp³-hybridized carbons (Fsp3) is 0.250. The minimum Gasteiger partial charge on any atom is -0.508 e. The minimum atomic E-state index is -3.00. The number of ketones is 2. The number of carbonyl (C=O) groups is 3. The highest BCUT2D eigenvalue weighted by molar-refractivity contribution is 6.25. The predicted octanol–water partition coefficient (Wildman–Crippen LogP) is -1.20. The number of primary amides is 1. The van der Waals surface area contributed by atoms with E-state index in [1.807, 2.05) is 0 Å². The van der Waals surface area contributed by atoms with Crippen molar-refractivity contribution in [1.82, 2.24) is 0 Å². The van der Waals surface area contributed by atoms with Crippen LogP contribution in [0, 0.1) is 11.8 Å². The van der Waals surface area contributed by atoms with Crippen molar-refractivity contribution in [2.75, 3.05) is 0 Å². The highest BCUT2D eigenvalue weighted by atomic mass is 16.4. The Morgan fingerprint density at radius 1 is 1.17 bits per heavy atom. The molecule has 1 fully saturated rings. The van der Waals surface area contributed by atoms with Gasteiger partial charge in [-0.1, -0.05) is 18.7 Å². The van der Waals surface area contributed by atoms with Gasteiger partial charge in [-0.15, -0.1) is 0 Å². The summed E-state index contributed by atoms with van der Waals surface area (Å²) in [5, 5.41) is 53.7. The van der Waals surface area contributed by atoms with Crippen LogP contribution in [0.1, 0.15) is 11.1 Å². The molecule has 0 spiro atoms. The Kier molecular flexibility index (Phi) is 3.98. The molecule has 1 saturated carbocycles. The van der Waals surface area contributed by atoms with Crippen molar-refractivity contribution in [2.24, 2.45) is 23.3 Å². The summed E-state index contributed by atoms with van der Waals surface area (Å²) in [6, 6.07) is 2.46. The summed E-state index contributed by atoms with van der Waals surface area (Å²) >= 11 is 0. The Morgan fingerprint density at radius 2 is 1.80 bits per heavy atom. The van der Waals surface area contributed by atoms with E-state index in [0.29, 0.717) is 0 Å². The average molecular weight is 414 g/mol. The number of rotatable bonds is 1. The van der Waals surface area contributed by atoms with Crippen LogP contribution in [0.4, 0.5) is 0 Å². The number of amides is 1. The number of phenols is 1. The molecule has 5 unspecified atom stereocenters. The monoisotopic (exact) mass is 414 g/mol. The molecule has 1 aromatic carbocycles. The first kappa shape index (κ1) is 19.8. The molecule has 1 aromatic rings. The highest BCUT2D eigenvalue weighted by Gasteiger charge is 2.67. The molecule has 0 saturated heterocycles. The Morgan fingerprint density at radius 3 is 2.40 bits per heavy atom. The lowest BCUT2D eigenvalue weighted by Crippen LogP contribution is -2.69. The van der Waals surface area contributed by atoms with Gasteiger partial charge in [0.25, 0.3) is 5.91 Å². The van der Waals surface area contributed by atoms with Gasteiger partial charge in [0.1, 0.15) is 22.8 Å². The summed E-state index contributed by atoms with van der Waals surface area (Å²) in [5.74, 6) is -9.37. The maximum absolute atomic E-state index is 13.4. The number of fused-ring (bicyclic) bond motifs is 3. The molecule has 0 radical (unpaired) electrons. The van der Waals surface area contributed by atoms with Gasteiger partial charge in [-0.3, -0.25) is 14.4 Å². The number of aliphatic hydroxyl groups excluding tert-OH is 3. The van der Waals surface area contributed by atoms with Gasteiger partial charge in [-0.25, -0.2) is 0 Å². The van der Waals surface area contributed by atoms with E-state index in [0.717, 1.165) is 0 Å². The molecule has 10 nitrogen and oxygen atoms in total. The first-order chi connectivity index (χ1) is 14.0. The molecule has 1 amide bonds. The Hall–Kier alpha value is -3.47. The number of Topliss-reactive ketones (excluding diaryl/α,β-unsaturated/α-hetero) is 2. The summed E-state index contributed by atoms with van der Waals surface area (Å²) < 4.78 is 0. The maximum atomic E-state index is 13.4. The van der Waals surface area contributed by atoms with Crippen LogP contribution in [-0.4, -0.2) is 60.8 Å². The molecule has 10 heteroatoms. The second kappa shape index (κ2) is 6.02. The third kappa shape index (κ3) is 2.09. The van der Waals surface area contributed by atoms with Crippen LogP contribution in [-0.2, 0) is 14.4 Å². The number of phenolic OH excluding ortho intramolecular Hbond substituents is 1. The SMILES string of the molecule is C=C1c2cccc(O)c2C(O)=C2C(=O)C3(O)C(O)=C(C(N)=O)C(=O)C(N)C3C(O)C12. The summed E-state index contributed by atoms with van der Waals surface area (Å²) in [7, 11) is 0. The third-order valence-electron chi connectivity index (χ3n) is 6.13. The van der Waals surface area contributed by atoms with Crippen LogP contribution in [0.3, 0.4) is 0 Å². The largest absolute Gasteiger partial charge is 0.508 e. The first-order valence-corrected chi connectivity index (χ1v) is 8.89. The van der Waals surface area contributed by atoms with Gasteiger partial charge in [0.15, 0.2) is 11.4 Å². The molecule has 0 aromatic heterocycles. The summed E-state index contributed by atoms with van der Waals surface area (Å²) in [6.07, 6.45) is -1.76. The second-order valence-corrected chi connectivity index (χ2v) is 7.55. The number of benzene rings is 1. The van der Waals surface area contributed by atoms with Crippen molar-refractivity contribution in [2.45, 2.75) is 17.7 Å². The van der Waals surface area contributed by atoms with Gasteiger partial charge < -0.3 is 37.0 Å². The zero-order chi connectivity index (χ0) is 22.3. The molecule has 0 heterocycles. The Balaban J connectivity index is 2.06. The van der Waals surface area contributed by atoms with Gasteiger partial charge in [0, 0.05) is 5.92 Å². The van der Waals surface area contributed by atoms with E-state index >= 15 is 0 Å². The van der Waals surface area contributed by atoms with E-state index in [-0.39, 0.29) is 22.4 Å². The first-order valence-electron chi connectivity index (χ1n) is 8.89. The number of hydrogen-bond donors (Lipinski definition) is 7. The van der Waals surface area contributed by atoms with Gasteiger partial charge in [0.05, 0.1) is 29.2 Å². The lowest BCUT2D eigenvalue weighted by molar-refractivity contribution is -0.160. The van der Waals surface area contributed by atoms with E-state index in [1.54, 1.807) is 0 Å². The number of aromatic hydroxyl groups is 1. The number of carbonyl (C=O) groups excluding carboxylic acids is 3. The molecule has 3 aliphatic carbocycles. The Bertz CT molecular complexity index is 1130. The van der Waals surface area contributed by atoms with Crippen molar-refractivity contribution in [3.8, 4) is 5.75 Å². The zero-order valence-electron chi connectivity index (χ0n) is 15.4. The van der Waals surface area contributed by atoms with Crippen LogP contribution in [0.2, 0.25) is 0 Å². The number of hydrogen-bond acceptors (Lipinski definition) is 9. The molecule has 0 bridgehead atoms. The van der Waals surface area contributed by atoms with Gasteiger partial charge >= 0.3 is 0 Å². The summed E-state index contributed by atoms with van der Waals surface area (Å²) in [5.41, 5.74) is 6.59. The molecule has 5 atom stereocenters. The maximum Gasteiger partial charge on any atom is 0.255 e. The topological polar surface area (TPSA) is 204 Å². The minimum absolute atomic E-state index is 0.125. The van der Waals surface area contributed by atoms with Crippen LogP contribution >= 0.6 is 0 Å². The van der Waals surface area contributed by atoms with E-state index in [9.17, 15) is 39.9 Å². The molecule has 3 aliphatic rings. The Labute approximate surface area is 169 Å². The van der Waals surface area contributed by atoms with Crippen molar-refractivity contribution >= 4 is 28.8 Å². The highest BCUT2D eigenvalue weighted by Crippen LogP contribution is 2.54. The van der Waals surface area contributed by atoms with E-state index in [4.69, 9.17) is 11.5 Å². The van der Waals surface area contributed by atoms with Crippen LogP contribution in [0.25, 0.3) is 11.3 Å². The van der Waals surface area contributed by atoms with Crippen molar-refractivity contribution in [1.29, 1.82) is 0 Å². The fourth-order valence-electron chi connectivity index (χ4n) is 4.73. The standard InChI is InChI=1S/C20H18N2O8/c1-5-6-3-2-4-7(23)9(6)14(24)10-8(5)15(25)12-13(21)16(26)11(19(22)29)18(28)20(12,30)17(10)27/h2-4,8,12-13,15,23-25,28,30H,1,21H2,(H2,22,29). The van der Waals surface area contributed by atoms with Gasteiger partial charge in [-0.05, 0) is 17.2 Å². The zero-order valence-corrected chi connectivity index (χ0v) is 15.4. The van der Waals surface area contributed by atoms with Gasteiger partial charge in [-0.2, -0.15) is 0 Å². The number of aliphatic hydroxyl groups is 4. The third-order valence-corrected chi connectivity index (χ3v) is 6.13. The molecule has 0 aliphatic heterocycles. The smallest absolute Gasteiger partial charge is 0.255 e. The molecule has 156 valence electrons. The normalized spacial score (nSPS) is 33.2. The quantitative estimate of drug-likeness (QED) is 0.275. The average Bonchev–Trinajstić information content (AvgIpc) is 2.67. The lowest BCUT2D eigenvalue weighted by Gasteiger charge is -2.51. The van der Waals surface area contributed by atoms with E-state index in [2.05, 4.69) is 6.58 Å². The molecular formula is C20H18N2O8. The van der Waals surface area contributed by atoms with Crippen LogP contribution in [0.15, 0.2) is 41.7 Å². The number of nitrogens with two attached hydrogens (primary N) is 2. The fourth-order valence-corrected chi connectivity index (χ4v) is 4.73. The van der Waals surface area contributed by atoms with E-state index in [1.165, 1.54) is 18.2 Å². The molecule has 4 rings (SSSR count). The molecule has 9 N–H and O–H groups in total. The summed E-state index contributed by atoms with van der Waals surface area (Å²) in [6.45, 7) is 3.84.